The molecular formula is C15H12ClF2N. The van der Waals surface area contributed by atoms with Crippen molar-refractivity contribution in [1.82, 2.24) is 4.84 Å². The molecule has 2 aromatic rings. The van der Waals surface area contributed by atoms with Gasteiger partial charge in [-0.2, -0.15) is 0 Å². The van der Waals surface area contributed by atoms with Crippen molar-refractivity contribution in [1.29, 1.82) is 0 Å². The van der Waals surface area contributed by atoms with Crippen LogP contribution >= 0.6 is 11.8 Å². The Hall–Kier alpha value is -1.71. The molecule has 1 nitrogen and oxygen atoms in total. The fourth-order valence-corrected chi connectivity index (χ4v) is 1.93. The first-order valence-corrected chi connectivity index (χ1v) is 6.14. The molecule has 0 amide bonds. The van der Waals surface area contributed by atoms with E-state index in [1.807, 2.05) is 0 Å². The predicted molar refractivity (Wildman–Crippen MR) is 73.7 cm³/mol. The number of halogens is 3. The molecule has 4 heteroatoms. The molecular weight excluding hydrogens is 268 g/mol. The molecule has 0 bridgehead atoms. The van der Waals surface area contributed by atoms with E-state index < -0.39 is 0 Å². The summed E-state index contributed by atoms with van der Waals surface area (Å²) < 4.78 is 26.6. The number of hydrogen-bond donors (Lipinski definition) is 1. The van der Waals surface area contributed by atoms with Crippen molar-refractivity contribution in [2.24, 2.45) is 0 Å². The standard InChI is InChI=1S/C15H12ClF2N/c16-19-8-7-15(11-3-1-5-13(17)9-11)12-4-2-6-14(18)10-12/h1-7,9-10,19H,8H2. The van der Waals surface area contributed by atoms with Crippen LogP contribution in [0.1, 0.15) is 11.1 Å². The first-order chi connectivity index (χ1) is 9.20. The summed E-state index contributed by atoms with van der Waals surface area (Å²) >= 11 is 5.44. The summed E-state index contributed by atoms with van der Waals surface area (Å²) in [5.74, 6) is -0.669. The van der Waals surface area contributed by atoms with Crippen LogP contribution in [0.15, 0.2) is 54.6 Å². The van der Waals surface area contributed by atoms with Crippen molar-refractivity contribution >= 4 is 17.3 Å². The second-order valence-electron chi connectivity index (χ2n) is 3.98. The summed E-state index contributed by atoms with van der Waals surface area (Å²) in [5, 5.41) is 0. The number of nitrogens with one attached hydrogen (secondary N) is 1. The van der Waals surface area contributed by atoms with Crippen LogP contribution < -0.4 is 4.84 Å². The van der Waals surface area contributed by atoms with Crippen LogP contribution in [0, 0.1) is 11.6 Å². The smallest absolute Gasteiger partial charge is 0.123 e. The Kier molecular flexibility index (Phi) is 4.66. The van der Waals surface area contributed by atoms with Gasteiger partial charge in [-0.3, -0.25) is 0 Å². The summed E-state index contributed by atoms with van der Waals surface area (Å²) in [6.45, 7) is 0.393. The number of rotatable bonds is 4. The van der Waals surface area contributed by atoms with Crippen LogP contribution in [0.4, 0.5) is 8.78 Å². The minimum Gasteiger partial charge on any atom is -0.230 e. The maximum atomic E-state index is 13.3. The molecule has 0 unspecified atom stereocenters. The van der Waals surface area contributed by atoms with Crippen LogP contribution in [0.25, 0.3) is 5.57 Å². The molecule has 0 saturated heterocycles. The van der Waals surface area contributed by atoms with Gasteiger partial charge in [-0.1, -0.05) is 30.3 Å². The molecule has 0 atom stereocenters. The zero-order valence-electron chi connectivity index (χ0n) is 10.0. The minimum atomic E-state index is -0.335. The molecule has 0 aliphatic heterocycles. The largest absolute Gasteiger partial charge is 0.230 e. The molecule has 0 heterocycles. The monoisotopic (exact) mass is 279 g/mol. The highest BCUT2D eigenvalue weighted by Gasteiger charge is 2.06. The van der Waals surface area contributed by atoms with Crippen molar-refractivity contribution in [2.75, 3.05) is 6.54 Å². The van der Waals surface area contributed by atoms with Crippen molar-refractivity contribution in [3.8, 4) is 0 Å². The highest BCUT2D eigenvalue weighted by atomic mass is 35.5. The molecule has 0 spiro atoms. The summed E-state index contributed by atoms with van der Waals surface area (Å²) in [6, 6.07) is 12.3. The Labute approximate surface area is 115 Å². The lowest BCUT2D eigenvalue weighted by Crippen LogP contribution is -1.99. The van der Waals surface area contributed by atoms with E-state index in [0.717, 1.165) is 5.57 Å². The van der Waals surface area contributed by atoms with Gasteiger partial charge in [-0.25, -0.2) is 13.6 Å². The fourth-order valence-electron chi connectivity index (χ4n) is 1.86. The third-order valence-electron chi connectivity index (χ3n) is 2.65. The molecule has 0 aliphatic rings. The quantitative estimate of drug-likeness (QED) is 0.830. The second-order valence-corrected chi connectivity index (χ2v) is 4.24. The van der Waals surface area contributed by atoms with Crippen molar-refractivity contribution in [3.05, 3.63) is 77.4 Å². The summed E-state index contributed by atoms with van der Waals surface area (Å²) in [4.78, 5) is 2.48. The van der Waals surface area contributed by atoms with E-state index >= 15 is 0 Å². The molecule has 0 fully saturated rings. The van der Waals surface area contributed by atoms with Crippen LogP contribution in [0.2, 0.25) is 0 Å². The normalized spacial score (nSPS) is 10.3. The van der Waals surface area contributed by atoms with Crippen LogP contribution in [-0.4, -0.2) is 6.54 Å². The Morgan fingerprint density at radius 3 is 1.95 bits per heavy atom. The van der Waals surface area contributed by atoms with Gasteiger partial charge in [-0.05, 0) is 52.7 Å². The molecule has 1 N–H and O–H groups in total. The molecule has 19 heavy (non-hydrogen) atoms. The fraction of sp³-hybridized carbons (Fsp3) is 0.0667. The Morgan fingerprint density at radius 2 is 1.53 bits per heavy atom. The number of benzene rings is 2. The third-order valence-corrected chi connectivity index (χ3v) is 2.81. The molecule has 0 radical (unpaired) electrons. The van der Waals surface area contributed by atoms with Gasteiger partial charge in [-0.15, -0.1) is 0 Å². The highest BCUT2D eigenvalue weighted by Crippen LogP contribution is 2.24. The first-order valence-electron chi connectivity index (χ1n) is 5.76. The summed E-state index contributed by atoms with van der Waals surface area (Å²) in [7, 11) is 0. The molecule has 2 aromatic carbocycles. The van der Waals surface area contributed by atoms with Gasteiger partial charge >= 0.3 is 0 Å². The van der Waals surface area contributed by atoms with E-state index in [0.29, 0.717) is 17.7 Å². The topological polar surface area (TPSA) is 12.0 Å². The third kappa shape index (κ3) is 3.63. The lowest BCUT2D eigenvalue weighted by Gasteiger charge is -2.09. The zero-order valence-corrected chi connectivity index (χ0v) is 10.8. The molecule has 98 valence electrons. The molecule has 0 aliphatic carbocycles. The van der Waals surface area contributed by atoms with Gasteiger partial charge in [0.25, 0.3) is 0 Å². The van der Waals surface area contributed by atoms with Crippen molar-refractivity contribution in [2.45, 2.75) is 0 Å². The lowest BCUT2D eigenvalue weighted by atomic mass is 9.97. The van der Waals surface area contributed by atoms with Crippen molar-refractivity contribution < 1.29 is 8.78 Å². The van der Waals surface area contributed by atoms with E-state index in [4.69, 9.17) is 11.8 Å². The highest BCUT2D eigenvalue weighted by molar-refractivity contribution is 6.13. The predicted octanol–water partition coefficient (Wildman–Crippen LogP) is 4.14. The molecule has 2 rings (SSSR count). The first kappa shape index (κ1) is 13.7. The van der Waals surface area contributed by atoms with E-state index in [2.05, 4.69) is 4.84 Å². The van der Waals surface area contributed by atoms with E-state index in [-0.39, 0.29) is 11.6 Å². The average Bonchev–Trinajstić information content (AvgIpc) is 2.39. The summed E-state index contributed by atoms with van der Waals surface area (Å²) in [5.41, 5.74) is 2.09. The van der Waals surface area contributed by atoms with Gasteiger partial charge in [0.2, 0.25) is 0 Å². The van der Waals surface area contributed by atoms with Gasteiger partial charge in [0, 0.05) is 6.54 Å². The molecule has 0 saturated carbocycles. The van der Waals surface area contributed by atoms with Gasteiger partial charge in [0.15, 0.2) is 0 Å². The van der Waals surface area contributed by atoms with Gasteiger partial charge < -0.3 is 0 Å². The van der Waals surface area contributed by atoms with Gasteiger partial charge in [0.05, 0.1) is 0 Å². The SMILES string of the molecule is Fc1cccc(C(=CCNCl)c2cccc(F)c2)c1. The van der Waals surface area contributed by atoms with E-state index in [1.54, 1.807) is 30.3 Å². The van der Waals surface area contributed by atoms with Crippen LogP contribution in [-0.2, 0) is 0 Å². The Balaban J connectivity index is 2.48. The van der Waals surface area contributed by atoms with Crippen LogP contribution in [0.3, 0.4) is 0 Å². The Morgan fingerprint density at radius 1 is 1.00 bits per heavy atom. The minimum absolute atomic E-state index is 0.335. The zero-order chi connectivity index (χ0) is 13.7. The van der Waals surface area contributed by atoms with Crippen molar-refractivity contribution in [3.63, 3.8) is 0 Å². The maximum Gasteiger partial charge on any atom is 0.123 e. The summed E-state index contributed by atoms with van der Waals surface area (Å²) in [6.07, 6.45) is 1.79. The lowest BCUT2D eigenvalue weighted by molar-refractivity contribution is 0.627. The number of hydrogen-bond acceptors (Lipinski definition) is 1. The average molecular weight is 280 g/mol. The van der Waals surface area contributed by atoms with E-state index in [1.165, 1.54) is 24.3 Å². The Bertz CT molecular complexity index is 549. The van der Waals surface area contributed by atoms with Gasteiger partial charge in [0.1, 0.15) is 11.6 Å². The molecule has 0 aromatic heterocycles. The van der Waals surface area contributed by atoms with Crippen LogP contribution in [0.5, 0.6) is 0 Å². The second kappa shape index (κ2) is 6.45. The maximum absolute atomic E-state index is 13.3. The van der Waals surface area contributed by atoms with E-state index in [9.17, 15) is 8.78 Å².